The molecule has 0 aromatic heterocycles. The van der Waals surface area contributed by atoms with Crippen LogP contribution in [0, 0.1) is 0 Å². The van der Waals surface area contributed by atoms with Crippen molar-refractivity contribution in [3.63, 3.8) is 0 Å². The van der Waals surface area contributed by atoms with Crippen LogP contribution >= 0.6 is 8.25 Å². The first kappa shape index (κ1) is 26.5. The SMILES string of the molecule is C=C(C)C(=O)C(O)CO[PH](=O)OCC[N+](CCCC)(CCCC)CCCC. The lowest BCUT2D eigenvalue weighted by Gasteiger charge is -2.39. The minimum atomic E-state index is -2.73. The van der Waals surface area contributed by atoms with Crippen molar-refractivity contribution in [2.75, 3.05) is 39.4 Å². The zero-order valence-corrected chi connectivity index (χ0v) is 18.8. The van der Waals surface area contributed by atoms with Crippen molar-refractivity contribution < 1.29 is 28.0 Å². The second-order valence-corrected chi connectivity index (χ2v) is 8.44. The molecule has 0 aliphatic carbocycles. The Bertz CT molecular complexity index is 434. The third-order valence-corrected chi connectivity index (χ3v) is 5.67. The number of Topliss-reactive ketones (excluding diaryl/α,β-unsaturated/α-hetero) is 1. The summed E-state index contributed by atoms with van der Waals surface area (Å²) in [7, 11) is -2.73. The molecule has 0 aromatic carbocycles. The van der Waals surface area contributed by atoms with Gasteiger partial charge < -0.3 is 18.6 Å². The van der Waals surface area contributed by atoms with Gasteiger partial charge in [-0.3, -0.25) is 9.36 Å². The van der Waals surface area contributed by atoms with E-state index < -0.39 is 20.1 Å². The molecule has 0 radical (unpaired) electrons. The van der Waals surface area contributed by atoms with Gasteiger partial charge in [-0.2, -0.15) is 0 Å². The zero-order valence-electron chi connectivity index (χ0n) is 17.8. The van der Waals surface area contributed by atoms with Gasteiger partial charge in [0.25, 0.3) is 0 Å². The van der Waals surface area contributed by atoms with Crippen LogP contribution in [0.4, 0.5) is 0 Å². The van der Waals surface area contributed by atoms with E-state index in [4.69, 9.17) is 9.05 Å². The van der Waals surface area contributed by atoms with Crippen LogP contribution in [0.1, 0.15) is 66.2 Å². The highest BCUT2D eigenvalue weighted by atomic mass is 31.1. The van der Waals surface area contributed by atoms with Crippen LogP contribution in [0.5, 0.6) is 0 Å². The number of unbranched alkanes of at least 4 members (excludes halogenated alkanes) is 3. The molecule has 0 amide bonds. The molecule has 7 heteroatoms. The minimum Gasteiger partial charge on any atom is -0.382 e. The molecule has 0 saturated carbocycles. The lowest BCUT2D eigenvalue weighted by molar-refractivity contribution is -0.928. The van der Waals surface area contributed by atoms with Crippen LogP contribution in [0.3, 0.4) is 0 Å². The third-order valence-electron chi connectivity index (χ3n) is 4.83. The van der Waals surface area contributed by atoms with Gasteiger partial charge >= 0.3 is 8.25 Å². The number of carbonyl (C=O) groups is 1. The van der Waals surface area contributed by atoms with Gasteiger partial charge in [0.05, 0.1) is 26.2 Å². The average molecular weight is 407 g/mol. The van der Waals surface area contributed by atoms with E-state index in [9.17, 15) is 14.5 Å². The first-order chi connectivity index (χ1) is 12.8. The number of aliphatic hydroxyl groups excluding tert-OH is 1. The Kier molecular flexibility index (Phi) is 15.1. The standard InChI is InChI=1S/C20H41NO5P/c1-6-9-12-21(13-10-7-2,14-11-8-3)15-16-25-27(24)26-17-19(22)20(23)18(4)5/h19,22,27H,4,6-17H2,1-3,5H3/q+1. The van der Waals surface area contributed by atoms with E-state index in [2.05, 4.69) is 27.4 Å². The molecule has 6 nitrogen and oxygen atoms in total. The Morgan fingerprint density at radius 1 is 1.00 bits per heavy atom. The summed E-state index contributed by atoms with van der Waals surface area (Å²) in [5.41, 5.74) is 0.247. The zero-order chi connectivity index (χ0) is 20.7. The Hall–Kier alpha value is -0.520. The summed E-state index contributed by atoms with van der Waals surface area (Å²) >= 11 is 0. The summed E-state index contributed by atoms with van der Waals surface area (Å²) in [5.74, 6) is -0.501. The molecule has 0 bridgehead atoms. The van der Waals surface area contributed by atoms with Crippen molar-refractivity contribution in [3.05, 3.63) is 12.2 Å². The molecule has 2 unspecified atom stereocenters. The maximum atomic E-state index is 12.0. The van der Waals surface area contributed by atoms with Crippen LogP contribution in [0.25, 0.3) is 0 Å². The molecule has 0 fully saturated rings. The van der Waals surface area contributed by atoms with E-state index in [0.717, 1.165) is 49.9 Å². The normalized spacial score (nSPS) is 14.1. The van der Waals surface area contributed by atoms with Crippen molar-refractivity contribution in [2.45, 2.75) is 72.3 Å². The van der Waals surface area contributed by atoms with Gasteiger partial charge in [-0.15, -0.1) is 0 Å². The van der Waals surface area contributed by atoms with Gasteiger partial charge in [-0.1, -0.05) is 46.6 Å². The van der Waals surface area contributed by atoms with Gasteiger partial charge in [0.15, 0.2) is 5.78 Å². The minimum absolute atomic E-state index is 0.247. The van der Waals surface area contributed by atoms with Crippen molar-refractivity contribution >= 4 is 14.0 Å². The van der Waals surface area contributed by atoms with Crippen LogP contribution in [-0.2, 0) is 18.4 Å². The number of rotatable bonds is 18. The first-order valence-electron chi connectivity index (χ1n) is 10.3. The molecule has 0 aromatic rings. The summed E-state index contributed by atoms with van der Waals surface area (Å²) in [4.78, 5) is 11.5. The largest absolute Gasteiger partial charge is 0.382 e. The van der Waals surface area contributed by atoms with Gasteiger partial charge in [0.2, 0.25) is 0 Å². The van der Waals surface area contributed by atoms with Crippen LogP contribution in [0.15, 0.2) is 12.2 Å². The van der Waals surface area contributed by atoms with Gasteiger partial charge in [0, 0.05) is 0 Å². The van der Waals surface area contributed by atoms with E-state index in [-0.39, 0.29) is 12.2 Å². The Labute approximate surface area is 166 Å². The maximum absolute atomic E-state index is 12.0. The van der Waals surface area contributed by atoms with E-state index in [1.54, 1.807) is 0 Å². The molecular weight excluding hydrogens is 365 g/mol. The fraction of sp³-hybridized carbons (Fsp3) is 0.850. The highest BCUT2D eigenvalue weighted by molar-refractivity contribution is 7.33. The summed E-state index contributed by atoms with van der Waals surface area (Å²) in [6.07, 6.45) is 5.67. The van der Waals surface area contributed by atoms with Gasteiger partial charge in [0.1, 0.15) is 19.3 Å². The molecule has 27 heavy (non-hydrogen) atoms. The molecule has 0 spiro atoms. The molecule has 2 atom stereocenters. The van der Waals surface area contributed by atoms with Crippen molar-refractivity contribution in [3.8, 4) is 0 Å². The average Bonchev–Trinajstić information content (AvgIpc) is 2.66. The molecule has 0 rings (SSSR count). The second kappa shape index (κ2) is 15.4. The predicted molar refractivity (Wildman–Crippen MR) is 111 cm³/mol. The molecule has 0 aliphatic heterocycles. The molecule has 160 valence electrons. The van der Waals surface area contributed by atoms with Crippen molar-refractivity contribution in [1.82, 2.24) is 0 Å². The molecular formula is C20H41NO5P+. The maximum Gasteiger partial charge on any atom is 0.319 e. The van der Waals surface area contributed by atoms with E-state index in [0.29, 0.717) is 6.61 Å². The van der Waals surface area contributed by atoms with E-state index >= 15 is 0 Å². The van der Waals surface area contributed by atoms with Crippen molar-refractivity contribution in [2.24, 2.45) is 0 Å². The number of aliphatic hydroxyl groups is 1. The summed E-state index contributed by atoms with van der Waals surface area (Å²) in [6, 6.07) is 0. The topological polar surface area (TPSA) is 72.8 Å². The highest BCUT2D eigenvalue weighted by Gasteiger charge is 2.26. The van der Waals surface area contributed by atoms with E-state index in [1.807, 2.05) is 0 Å². The van der Waals surface area contributed by atoms with Gasteiger partial charge in [-0.05, 0) is 31.8 Å². The number of ketones is 1. The Morgan fingerprint density at radius 2 is 1.48 bits per heavy atom. The summed E-state index contributed by atoms with van der Waals surface area (Å²) in [5, 5.41) is 9.67. The molecule has 0 heterocycles. The number of hydrogen-bond donors (Lipinski definition) is 1. The van der Waals surface area contributed by atoms with Crippen LogP contribution in [-0.4, -0.2) is 60.9 Å². The smallest absolute Gasteiger partial charge is 0.319 e. The molecule has 1 N–H and O–H groups in total. The quantitative estimate of drug-likeness (QED) is 0.210. The Balaban J connectivity index is 4.55. The van der Waals surface area contributed by atoms with E-state index in [1.165, 1.54) is 26.2 Å². The Morgan fingerprint density at radius 3 is 1.89 bits per heavy atom. The summed E-state index contributed by atoms with van der Waals surface area (Å²) in [6.45, 7) is 15.8. The molecule has 0 aliphatic rings. The summed E-state index contributed by atoms with van der Waals surface area (Å²) < 4.78 is 23.4. The number of hydrogen-bond acceptors (Lipinski definition) is 5. The fourth-order valence-electron chi connectivity index (χ4n) is 3.02. The first-order valence-corrected chi connectivity index (χ1v) is 11.6. The third kappa shape index (κ3) is 11.8. The van der Waals surface area contributed by atoms with Crippen molar-refractivity contribution in [1.29, 1.82) is 0 Å². The van der Waals surface area contributed by atoms with Gasteiger partial charge in [-0.25, -0.2) is 0 Å². The fourth-order valence-corrected chi connectivity index (χ4v) is 3.66. The van der Waals surface area contributed by atoms with Crippen LogP contribution in [0.2, 0.25) is 0 Å². The number of nitrogens with zero attached hydrogens (tertiary/aromatic N) is 1. The molecule has 0 saturated heterocycles. The highest BCUT2D eigenvalue weighted by Crippen LogP contribution is 2.25. The lowest BCUT2D eigenvalue weighted by Crippen LogP contribution is -2.51. The second-order valence-electron chi connectivity index (χ2n) is 7.37. The predicted octanol–water partition coefficient (Wildman–Crippen LogP) is 4.13. The monoisotopic (exact) mass is 406 g/mol. The lowest BCUT2D eigenvalue weighted by atomic mass is 10.1. The number of carbonyl (C=O) groups excluding carboxylic acids is 1. The number of quaternary nitrogens is 1. The van der Waals surface area contributed by atoms with Crippen LogP contribution < -0.4 is 0 Å².